The third-order valence-electron chi connectivity index (χ3n) is 6.89. The summed E-state index contributed by atoms with van der Waals surface area (Å²) in [7, 11) is 1.64. The highest BCUT2D eigenvalue weighted by atomic mass is 16.5. The maximum atomic E-state index is 13.1. The molecule has 36 heavy (non-hydrogen) atoms. The van der Waals surface area contributed by atoms with Crippen molar-refractivity contribution in [3.63, 3.8) is 0 Å². The van der Waals surface area contributed by atoms with Gasteiger partial charge in [-0.1, -0.05) is 30.3 Å². The molecule has 7 nitrogen and oxygen atoms in total. The summed E-state index contributed by atoms with van der Waals surface area (Å²) in [6.07, 6.45) is 7.39. The van der Waals surface area contributed by atoms with E-state index in [0.717, 1.165) is 35.2 Å². The number of hydrogen-bond acceptors (Lipinski definition) is 4. The number of imidazole rings is 1. The summed E-state index contributed by atoms with van der Waals surface area (Å²) in [5.74, 6) is 0.349. The summed E-state index contributed by atoms with van der Waals surface area (Å²) in [5, 5.41) is 2.99. The molecule has 2 amide bonds. The second-order valence-corrected chi connectivity index (χ2v) is 9.19. The second kappa shape index (κ2) is 10.7. The van der Waals surface area contributed by atoms with Crippen LogP contribution in [0.25, 0.3) is 5.65 Å². The average molecular weight is 483 g/mol. The first-order valence-electron chi connectivity index (χ1n) is 12.3. The monoisotopic (exact) mass is 482 g/mol. The molecule has 0 unspecified atom stereocenters. The van der Waals surface area contributed by atoms with Crippen LogP contribution in [0.1, 0.15) is 56.2 Å². The van der Waals surface area contributed by atoms with E-state index >= 15 is 0 Å². The Bertz CT molecular complexity index is 1350. The molecule has 4 aromatic rings. The van der Waals surface area contributed by atoms with Gasteiger partial charge in [0.15, 0.2) is 0 Å². The number of methoxy groups -OCH3 is 1. The van der Waals surface area contributed by atoms with Crippen molar-refractivity contribution in [1.29, 1.82) is 0 Å². The van der Waals surface area contributed by atoms with E-state index in [1.807, 2.05) is 82.4 Å². The number of carbonyl (C=O) groups excluding carboxylic acids is 2. The number of hydrogen-bond donors (Lipinski definition) is 1. The van der Waals surface area contributed by atoms with E-state index in [0.29, 0.717) is 37.7 Å². The Morgan fingerprint density at radius 2 is 1.81 bits per heavy atom. The Balaban J connectivity index is 1.15. The molecule has 0 aliphatic carbocycles. The number of piperidine rings is 1. The molecule has 184 valence electrons. The van der Waals surface area contributed by atoms with Crippen molar-refractivity contribution in [2.45, 2.75) is 31.9 Å². The van der Waals surface area contributed by atoms with Gasteiger partial charge < -0.3 is 19.4 Å². The zero-order valence-corrected chi connectivity index (χ0v) is 20.4. The quantitative estimate of drug-likeness (QED) is 0.423. The highest BCUT2D eigenvalue weighted by Crippen LogP contribution is 2.29. The molecule has 0 spiro atoms. The first-order chi connectivity index (χ1) is 17.6. The van der Waals surface area contributed by atoms with E-state index in [4.69, 9.17) is 4.74 Å². The van der Waals surface area contributed by atoms with Gasteiger partial charge in [-0.3, -0.25) is 9.59 Å². The van der Waals surface area contributed by atoms with Crippen LogP contribution >= 0.6 is 0 Å². The molecule has 0 saturated carbocycles. The molecule has 1 fully saturated rings. The average Bonchev–Trinajstić information content (AvgIpc) is 3.40. The predicted molar refractivity (Wildman–Crippen MR) is 138 cm³/mol. The fourth-order valence-corrected chi connectivity index (χ4v) is 4.85. The molecule has 2 aromatic heterocycles. The van der Waals surface area contributed by atoms with Crippen molar-refractivity contribution in [2.24, 2.45) is 0 Å². The Labute approximate surface area is 210 Å². The zero-order valence-electron chi connectivity index (χ0n) is 20.4. The first kappa shape index (κ1) is 23.8. The van der Waals surface area contributed by atoms with Gasteiger partial charge in [-0.2, -0.15) is 0 Å². The lowest BCUT2D eigenvalue weighted by Gasteiger charge is -2.32. The van der Waals surface area contributed by atoms with Crippen LogP contribution in [-0.2, 0) is 17.9 Å². The van der Waals surface area contributed by atoms with Gasteiger partial charge in [0.05, 0.1) is 6.61 Å². The van der Waals surface area contributed by atoms with E-state index in [1.54, 1.807) is 13.3 Å². The van der Waals surface area contributed by atoms with Gasteiger partial charge in [0.25, 0.3) is 11.8 Å². The number of ether oxygens (including phenoxy) is 1. The van der Waals surface area contributed by atoms with Crippen LogP contribution in [0.3, 0.4) is 0 Å². The van der Waals surface area contributed by atoms with Gasteiger partial charge in [0, 0.05) is 56.5 Å². The molecule has 1 N–H and O–H groups in total. The number of carbonyl (C=O) groups is 2. The topological polar surface area (TPSA) is 75.9 Å². The third kappa shape index (κ3) is 5.16. The number of benzene rings is 2. The Kier molecular flexibility index (Phi) is 7.09. The maximum Gasteiger partial charge on any atom is 0.254 e. The minimum atomic E-state index is -0.0973. The number of fused-ring (bicyclic) bond motifs is 1. The van der Waals surface area contributed by atoms with Crippen molar-refractivity contribution in [3.8, 4) is 0 Å². The highest BCUT2D eigenvalue weighted by molar-refractivity contribution is 5.96. The standard InChI is InChI=1S/C29H30N4O3/c1-36-20-25-4-2-3-5-26(25)29(35)33-15-11-23(12-16-33)22-6-8-24(9-7-22)28(34)31-19-21-10-14-32-17-13-30-27(32)18-21/h2-10,13-14,17-18,23H,11-12,15-16,19-20H2,1H3,(H,31,34). The van der Waals surface area contributed by atoms with Crippen molar-refractivity contribution in [1.82, 2.24) is 19.6 Å². The molecule has 1 aliphatic rings. The Hall–Kier alpha value is -3.97. The van der Waals surface area contributed by atoms with Gasteiger partial charge >= 0.3 is 0 Å². The number of amides is 2. The summed E-state index contributed by atoms with van der Waals surface area (Å²) in [6.45, 7) is 2.31. The molecule has 3 heterocycles. The Morgan fingerprint density at radius 1 is 1.03 bits per heavy atom. The lowest BCUT2D eigenvalue weighted by Crippen LogP contribution is -2.38. The fraction of sp³-hybridized carbons (Fsp3) is 0.276. The lowest BCUT2D eigenvalue weighted by molar-refractivity contribution is 0.0708. The number of nitrogens with zero attached hydrogens (tertiary/aromatic N) is 3. The zero-order chi connectivity index (χ0) is 24.9. The molecule has 5 rings (SSSR count). The van der Waals surface area contributed by atoms with Crippen molar-refractivity contribution in [3.05, 3.63) is 107 Å². The van der Waals surface area contributed by atoms with Gasteiger partial charge in [-0.15, -0.1) is 0 Å². The van der Waals surface area contributed by atoms with Gasteiger partial charge in [0.2, 0.25) is 0 Å². The van der Waals surface area contributed by atoms with Gasteiger partial charge in [-0.25, -0.2) is 4.98 Å². The largest absolute Gasteiger partial charge is 0.380 e. The number of likely N-dealkylation sites (tertiary alicyclic amines) is 1. The summed E-state index contributed by atoms with van der Waals surface area (Å²) in [5.41, 5.74) is 5.36. The lowest BCUT2D eigenvalue weighted by atomic mass is 9.88. The first-order valence-corrected chi connectivity index (χ1v) is 12.3. The van der Waals surface area contributed by atoms with Gasteiger partial charge in [-0.05, 0) is 65.8 Å². The normalized spacial score (nSPS) is 14.2. The number of aromatic nitrogens is 2. The number of nitrogens with one attached hydrogen (secondary N) is 1. The Morgan fingerprint density at radius 3 is 2.58 bits per heavy atom. The highest BCUT2D eigenvalue weighted by Gasteiger charge is 2.25. The van der Waals surface area contributed by atoms with Crippen molar-refractivity contribution < 1.29 is 14.3 Å². The van der Waals surface area contributed by atoms with Crippen LogP contribution in [0.15, 0.2) is 79.3 Å². The second-order valence-electron chi connectivity index (χ2n) is 9.19. The van der Waals surface area contributed by atoms with E-state index in [2.05, 4.69) is 10.3 Å². The summed E-state index contributed by atoms with van der Waals surface area (Å²) in [4.78, 5) is 32.0. The fourth-order valence-electron chi connectivity index (χ4n) is 4.85. The third-order valence-corrected chi connectivity index (χ3v) is 6.89. The summed E-state index contributed by atoms with van der Waals surface area (Å²) < 4.78 is 7.19. The van der Waals surface area contributed by atoms with E-state index in [1.165, 1.54) is 5.56 Å². The van der Waals surface area contributed by atoms with E-state index in [-0.39, 0.29) is 11.8 Å². The molecule has 7 heteroatoms. The van der Waals surface area contributed by atoms with E-state index < -0.39 is 0 Å². The minimum absolute atomic E-state index is 0.0695. The predicted octanol–water partition coefficient (Wildman–Crippen LogP) is 4.43. The van der Waals surface area contributed by atoms with Crippen LogP contribution in [0.2, 0.25) is 0 Å². The maximum absolute atomic E-state index is 13.1. The van der Waals surface area contributed by atoms with Gasteiger partial charge in [0.1, 0.15) is 5.65 Å². The summed E-state index contributed by atoms with van der Waals surface area (Å²) >= 11 is 0. The molecular formula is C29H30N4O3. The molecular weight excluding hydrogens is 452 g/mol. The molecule has 0 radical (unpaired) electrons. The van der Waals surface area contributed by atoms with E-state index in [9.17, 15) is 9.59 Å². The van der Waals surface area contributed by atoms with Crippen LogP contribution in [0.5, 0.6) is 0 Å². The molecule has 0 atom stereocenters. The molecule has 1 aliphatic heterocycles. The number of rotatable bonds is 7. The van der Waals surface area contributed by atoms with Crippen molar-refractivity contribution >= 4 is 17.5 Å². The molecule has 0 bridgehead atoms. The molecule has 2 aromatic carbocycles. The minimum Gasteiger partial charge on any atom is -0.380 e. The smallest absolute Gasteiger partial charge is 0.254 e. The molecule has 1 saturated heterocycles. The van der Waals surface area contributed by atoms with Crippen LogP contribution in [0, 0.1) is 0 Å². The SMILES string of the molecule is COCc1ccccc1C(=O)N1CCC(c2ccc(C(=O)NCc3ccn4ccnc4c3)cc2)CC1. The van der Waals surface area contributed by atoms with Crippen LogP contribution < -0.4 is 5.32 Å². The number of pyridine rings is 1. The van der Waals surface area contributed by atoms with Crippen molar-refractivity contribution in [2.75, 3.05) is 20.2 Å². The summed E-state index contributed by atoms with van der Waals surface area (Å²) in [6, 6.07) is 19.5. The van der Waals surface area contributed by atoms with Crippen LogP contribution in [0.4, 0.5) is 0 Å². The van der Waals surface area contributed by atoms with Crippen LogP contribution in [-0.4, -0.2) is 46.3 Å².